The van der Waals surface area contributed by atoms with Crippen molar-refractivity contribution in [3.63, 3.8) is 0 Å². The average molecular weight is 294 g/mol. The third-order valence-electron chi connectivity index (χ3n) is 3.69. The molecular weight excluding hydrogens is 272 g/mol. The summed E-state index contributed by atoms with van der Waals surface area (Å²) >= 11 is 0. The lowest BCUT2D eigenvalue weighted by Crippen LogP contribution is -2.42. The van der Waals surface area contributed by atoms with Gasteiger partial charge in [0.15, 0.2) is 0 Å². The lowest BCUT2D eigenvalue weighted by molar-refractivity contribution is -0.149. The van der Waals surface area contributed by atoms with Crippen molar-refractivity contribution in [2.45, 2.75) is 33.6 Å². The number of carbonyl (C=O) groups excluding carboxylic acids is 1. The molecule has 6 nitrogen and oxygen atoms in total. The van der Waals surface area contributed by atoms with E-state index in [9.17, 15) is 14.7 Å². The van der Waals surface area contributed by atoms with Crippen LogP contribution in [0.25, 0.3) is 0 Å². The Morgan fingerprint density at radius 3 is 2.52 bits per heavy atom. The predicted molar refractivity (Wildman–Crippen MR) is 78.4 cm³/mol. The van der Waals surface area contributed by atoms with Crippen LogP contribution in [0.3, 0.4) is 0 Å². The minimum Gasteiger partial charge on any atom is -0.481 e. The first-order valence-corrected chi connectivity index (χ1v) is 7.10. The monoisotopic (exact) mass is 294 g/mol. The predicted octanol–water partition coefficient (Wildman–Crippen LogP) is 2.10. The van der Waals surface area contributed by atoms with Gasteiger partial charge in [0.25, 0.3) is 5.91 Å². The zero-order valence-corrected chi connectivity index (χ0v) is 12.7. The first-order valence-electron chi connectivity index (χ1n) is 7.10. The molecular formula is C15H22N2O4. The SMILES string of the molecule is CCOc1ncccc1C(=O)NCC(CC)(CC)C(=O)O. The normalized spacial score (nSPS) is 11.0. The number of aliphatic carboxylic acids is 1. The Labute approximate surface area is 124 Å². The van der Waals surface area contributed by atoms with Crippen molar-refractivity contribution in [3.05, 3.63) is 23.9 Å². The highest BCUT2D eigenvalue weighted by Crippen LogP contribution is 2.26. The Balaban J connectivity index is 2.84. The smallest absolute Gasteiger partial charge is 0.311 e. The summed E-state index contributed by atoms with van der Waals surface area (Å²) in [6.07, 6.45) is 2.44. The van der Waals surface area contributed by atoms with Gasteiger partial charge in [0.2, 0.25) is 5.88 Å². The summed E-state index contributed by atoms with van der Waals surface area (Å²) in [6.45, 7) is 5.90. The van der Waals surface area contributed by atoms with Crippen molar-refractivity contribution in [1.82, 2.24) is 10.3 Å². The van der Waals surface area contributed by atoms with Gasteiger partial charge in [0, 0.05) is 12.7 Å². The number of aromatic nitrogens is 1. The van der Waals surface area contributed by atoms with E-state index < -0.39 is 11.4 Å². The van der Waals surface area contributed by atoms with Crippen molar-refractivity contribution in [3.8, 4) is 5.88 Å². The number of carbonyl (C=O) groups is 2. The molecule has 0 aliphatic carbocycles. The van der Waals surface area contributed by atoms with Crippen LogP contribution in [-0.2, 0) is 4.79 Å². The van der Waals surface area contributed by atoms with E-state index in [-0.39, 0.29) is 18.3 Å². The Hall–Kier alpha value is -2.11. The summed E-state index contributed by atoms with van der Waals surface area (Å²) in [5.74, 6) is -1.02. The molecule has 0 aliphatic heterocycles. The molecule has 1 heterocycles. The lowest BCUT2D eigenvalue weighted by Gasteiger charge is -2.26. The van der Waals surface area contributed by atoms with Gasteiger partial charge in [-0.3, -0.25) is 9.59 Å². The molecule has 0 atom stereocenters. The van der Waals surface area contributed by atoms with Gasteiger partial charge in [0.05, 0.1) is 12.0 Å². The minimum absolute atomic E-state index is 0.0780. The molecule has 1 aromatic heterocycles. The lowest BCUT2D eigenvalue weighted by atomic mass is 9.82. The largest absolute Gasteiger partial charge is 0.481 e. The number of hydrogen-bond acceptors (Lipinski definition) is 4. The number of ether oxygens (including phenoxy) is 1. The molecule has 0 radical (unpaired) electrons. The molecule has 21 heavy (non-hydrogen) atoms. The number of nitrogens with zero attached hydrogens (tertiary/aromatic N) is 1. The van der Waals surface area contributed by atoms with Crippen LogP contribution >= 0.6 is 0 Å². The number of pyridine rings is 1. The Bertz CT molecular complexity index is 498. The zero-order chi connectivity index (χ0) is 15.9. The van der Waals surface area contributed by atoms with Gasteiger partial charge in [-0.25, -0.2) is 4.98 Å². The van der Waals surface area contributed by atoms with Crippen LogP contribution in [0.5, 0.6) is 5.88 Å². The number of nitrogens with one attached hydrogen (secondary N) is 1. The van der Waals surface area contributed by atoms with Gasteiger partial charge in [-0.2, -0.15) is 0 Å². The van der Waals surface area contributed by atoms with Crippen LogP contribution in [0, 0.1) is 5.41 Å². The number of amides is 1. The summed E-state index contributed by atoms with van der Waals surface area (Å²) in [5.41, 5.74) is -0.630. The summed E-state index contributed by atoms with van der Waals surface area (Å²) in [5, 5.41) is 12.0. The number of carboxylic acid groups (broad SMARTS) is 1. The second kappa shape index (κ2) is 7.61. The number of hydrogen-bond donors (Lipinski definition) is 2. The van der Waals surface area contributed by atoms with Gasteiger partial charge in [-0.1, -0.05) is 13.8 Å². The molecule has 0 aliphatic rings. The molecule has 0 fully saturated rings. The quantitative estimate of drug-likeness (QED) is 0.766. The molecule has 1 rings (SSSR count). The molecule has 1 amide bonds. The maximum Gasteiger partial charge on any atom is 0.311 e. The molecule has 0 unspecified atom stereocenters. The highest BCUT2D eigenvalue weighted by molar-refractivity contribution is 5.96. The summed E-state index contributed by atoms with van der Waals surface area (Å²) in [4.78, 5) is 27.6. The molecule has 116 valence electrons. The second-order valence-corrected chi connectivity index (χ2v) is 4.76. The Kier molecular flexibility index (Phi) is 6.14. The maximum atomic E-state index is 12.2. The molecule has 0 spiro atoms. The zero-order valence-electron chi connectivity index (χ0n) is 12.7. The topological polar surface area (TPSA) is 88.5 Å². The summed E-state index contributed by atoms with van der Waals surface area (Å²) < 4.78 is 5.30. The van der Waals surface area contributed by atoms with Crippen molar-refractivity contribution in [1.29, 1.82) is 0 Å². The third-order valence-corrected chi connectivity index (χ3v) is 3.69. The molecule has 0 bridgehead atoms. The first kappa shape index (κ1) is 16.9. The maximum absolute atomic E-state index is 12.2. The van der Waals surface area contributed by atoms with E-state index in [4.69, 9.17) is 4.74 Å². The van der Waals surface area contributed by atoms with Gasteiger partial charge < -0.3 is 15.2 Å². The average Bonchev–Trinajstić information content (AvgIpc) is 2.49. The van der Waals surface area contributed by atoms with E-state index in [1.165, 1.54) is 0 Å². The van der Waals surface area contributed by atoms with Crippen molar-refractivity contribution < 1.29 is 19.4 Å². The second-order valence-electron chi connectivity index (χ2n) is 4.76. The van der Waals surface area contributed by atoms with Gasteiger partial charge >= 0.3 is 5.97 Å². The molecule has 2 N–H and O–H groups in total. The van der Waals surface area contributed by atoms with Crippen LogP contribution in [0.2, 0.25) is 0 Å². The van der Waals surface area contributed by atoms with Crippen molar-refractivity contribution >= 4 is 11.9 Å². The van der Waals surface area contributed by atoms with E-state index in [1.54, 1.807) is 39.1 Å². The van der Waals surface area contributed by atoms with E-state index in [0.29, 0.717) is 25.0 Å². The van der Waals surface area contributed by atoms with Gasteiger partial charge in [0.1, 0.15) is 5.56 Å². The molecule has 1 aromatic rings. The molecule has 0 saturated carbocycles. The molecule has 0 saturated heterocycles. The minimum atomic E-state index is -0.941. The van der Waals surface area contributed by atoms with Crippen molar-refractivity contribution in [2.75, 3.05) is 13.2 Å². The Morgan fingerprint density at radius 2 is 2.00 bits per heavy atom. The van der Waals surface area contributed by atoms with Crippen LogP contribution < -0.4 is 10.1 Å². The standard InChI is InChI=1S/C15H22N2O4/c1-4-15(5-2,14(19)20)10-17-12(18)11-8-7-9-16-13(11)21-6-3/h7-9H,4-6,10H2,1-3H3,(H,17,18)(H,19,20). The van der Waals surface area contributed by atoms with Crippen LogP contribution in [-0.4, -0.2) is 35.1 Å². The number of rotatable bonds is 8. The van der Waals surface area contributed by atoms with E-state index >= 15 is 0 Å². The van der Waals surface area contributed by atoms with Crippen LogP contribution in [0.15, 0.2) is 18.3 Å². The third kappa shape index (κ3) is 3.93. The highest BCUT2D eigenvalue weighted by atomic mass is 16.5. The van der Waals surface area contributed by atoms with E-state index in [0.717, 1.165) is 0 Å². The summed E-state index contributed by atoms with van der Waals surface area (Å²) in [7, 11) is 0. The molecule has 6 heteroatoms. The van der Waals surface area contributed by atoms with Crippen molar-refractivity contribution in [2.24, 2.45) is 5.41 Å². The fraction of sp³-hybridized carbons (Fsp3) is 0.533. The van der Waals surface area contributed by atoms with Crippen LogP contribution in [0.1, 0.15) is 44.0 Å². The fourth-order valence-corrected chi connectivity index (χ4v) is 2.04. The molecule has 0 aromatic carbocycles. The van der Waals surface area contributed by atoms with Gasteiger partial charge in [-0.05, 0) is 31.9 Å². The highest BCUT2D eigenvalue weighted by Gasteiger charge is 2.35. The number of carboxylic acids is 1. The fourth-order valence-electron chi connectivity index (χ4n) is 2.04. The van der Waals surface area contributed by atoms with E-state index in [2.05, 4.69) is 10.3 Å². The Morgan fingerprint density at radius 1 is 1.33 bits per heavy atom. The van der Waals surface area contributed by atoms with E-state index in [1.807, 2.05) is 0 Å². The summed E-state index contributed by atoms with van der Waals surface area (Å²) in [6, 6.07) is 3.25. The van der Waals surface area contributed by atoms with Crippen LogP contribution in [0.4, 0.5) is 0 Å². The first-order chi connectivity index (χ1) is 10.0. The van der Waals surface area contributed by atoms with Gasteiger partial charge in [-0.15, -0.1) is 0 Å².